The summed E-state index contributed by atoms with van der Waals surface area (Å²) in [5, 5.41) is 9.31. The van der Waals surface area contributed by atoms with Gasteiger partial charge in [-0.25, -0.2) is 9.37 Å². The molecule has 0 aromatic carbocycles. The van der Waals surface area contributed by atoms with Gasteiger partial charge in [-0.3, -0.25) is 0 Å². The number of anilines is 1. The minimum Gasteiger partial charge on any atom is -0.392 e. The van der Waals surface area contributed by atoms with E-state index in [1.54, 1.807) is 0 Å². The summed E-state index contributed by atoms with van der Waals surface area (Å²) in [5.41, 5.74) is 0.934. The van der Waals surface area contributed by atoms with Crippen LogP contribution in [0.25, 0.3) is 0 Å². The maximum atomic E-state index is 13.1. The van der Waals surface area contributed by atoms with Gasteiger partial charge in [0.15, 0.2) is 0 Å². The second-order valence-electron chi connectivity index (χ2n) is 5.80. The SMILES string of the molecule is CC1(C)CCCN(c2ncc(F)cc2CO)CC1. The Labute approximate surface area is 108 Å². The van der Waals surface area contributed by atoms with Crippen molar-refractivity contribution in [3.63, 3.8) is 0 Å². The topological polar surface area (TPSA) is 36.4 Å². The normalized spacial score (nSPS) is 19.7. The van der Waals surface area contributed by atoms with E-state index in [1.165, 1.54) is 18.7 Å². The van der Waals surface area contributed by atoms with Crippen molar-refractivity contribution in [1.29, 1.82) is 0 Å². The van der Waals surface area contributed by atoms with E-state index in [1.807, 2.05) is 0 Å². The van der Waals surface area contributed by atoms with Gasteiger partial charge >= 0.3 is 0 Å². The van der Waals surface area contributed by atoms with Crippen molar-refractivity contribution in [2.75, 3.05) is 18.0 Å². The molecule has 2 heterocycles. The van der Waals surface area contributed by atoms with Crippen LogP contribution in [-0.2, 0) is 6.61 Å². The van der Waals surface area contributed by atoms with Crippen molar-refractivity contribution in [3.05, 3.63) is 23.6 Å². The largest absolute Gasteiger partial charge is 0.392 e. The molecular weight excluding hydrogens is 231 g/mol. The number of hydrogen-bond donors (Lipinski definition) is 1. The van der Waals surface area contributed by atoms with Gasteiger partial charge in [-0.15, -0.1) is 0 Å². The molecule has 1 N–H and O–H groups in total. The first kappa shape index (κ1) is 13.3. The van der Waals surface area contributed by atoms with Crippen LogP contribution in [0.15, 0.2) is 12.3 Å². The molecule has 0 spiro atoms. The van der Waals surface area contributed by atoms with E-state index < -0.39 is 5.82 Å². The molecule has 0 bridgehead atoms. The van der Waals surface area contributed by atoms with Crippen molar-refractivity contribution in [1.82, 2.24) is 4.98 Å². The first-order valence-electron chi connectivity index (χ1n) is 6.52. The summed E-state index contributed by atoms with van der Waals surface area (Å²) >= 11 is 0. The van der Waals surface area contributed by atoms with Crippen LogP contribution in [0.1, 0.15) is 38.7 Å². The molecule has 1 saturated heterocycles. The predicted molar refractivity (Wildman–Crippen MR) is 70.0 cm³/mol. The molecule has 1 aliphatic rings. The van der Waals surface area contributed by atoms with Crippen LogP contribution in [0, 0.1) is 11.2 Å². The maximum Gasteiger partial charge on any atom is 0.142 e. The van der Waals surface area contributed by atoms with Crippen molar-refractivity contribution in [2.24, 2.45) is 5.41 Å². The van der Waals surface area contributed by atoms with Gasteiger partial charge in [0, 0.05) is 18.7 Å². The van der Waals surface area contributed by atoms with Crippen molar-refractivity contribution < 1.29 is 9.50 Å². The van der Waals surface area contributed by atoms with Gasteiger partial charge < -0.3 is 10.0 Å². The van der Waals surface area contributed by atoms with Crippen LogP contribution in [-0.4, -0.2) is 23.2 Å². The number of halogens is 1. The monoisotopic (exact) mass is 252 g/mol. The number of aliphatic hydroxyl groups is 1. The fourth-order valence-electron chi connectivity index (χ4n) is 2.51. The molecule has 0 aliphatic carbocycles. The highest BCUT2D eigenvalue weighted by atomic mass is 19.1. The zero-order chi connectivity index (χ0) is 13.2. The lowest BCUT2D eigenvalue weighted by atomic mass is 9.85. The molecule has 2 rings (SSSR count). The summed E-state index contributed by atoms with van der Waals surface area (Å²) < 4.78 is 13.1. The molecule has 0 unspecified atom stereocenters. The molecule has 0 atom stereocenters. The number of rotatable bonds is 2. The Bertz CT molecular complexity index is 420. The molecule has 100 valence electrons. The van der Waals surface area contributed by atoms with Crippen molar-refractivity contribution in [2.45, 2.75) is 39.7 Å². The van der Waals surface area contributed by atoms with E-state index in [0.717, 1.165) is 31.7 Å². The molecule has 4 heteroatoms. The molecular formula is C14H21FN2O. The van der Waals surface area contributed by atoms with Crippen LogP contribution in [0.5, 0.6) is 0 Å². The van der Waals surface area contributed by atoms with Crippen LogP contribution in [0.4, 0.5) is 10.2 Å². The molecule has 1 aromatic rings. The van der Waals surface area contributed by atoms with E-state index in [2.05, 4.69) is 23.7 Å². The summed E-state index contributed by atoms with van der Waals surface area (Å²) in [5.74, 6) is 0.342. The van der Waals surface area contributed by atoms with Crippen molar-refractivity contribution >= 4 is 5.82 Å². The van der Waals surface area contributed by atoms with Crippen LogP contribution in [0.3, 0.4) is 0 Å². The number of aliphatic hydroxyl groups excluding tert-OH is 1. The van der Waals surface area contributed by atoms with E-state index in [-0.39, 0.29) is 6.61 Å². The fraction of sp³-hybridized carbons (Fsp3) is 0.643. The summed E-state index contributed by atoms with van der Waals surface area (Å²) in [4.78, 5) is 6.32. The minimum absolute atomic E-state index is 0.167. The highest BCUT2D eigenvalue weighted by Crippen LogP contribution is 2.32. The average molecular weight is 252 g/mol. The highest BCUT2D eigenvalue weighted by molar-refractivity contribution is 5.46. The average Bonchev–Trinajstić information content (AvgIpc) is 2.50. The highest BCUT2D eigenvalue weighted by Gasteiger charge is 2.24. The van der Waals surface area contributed by atoms with Crippen LogP contribution in [0.2, 0.25) is 0 Å². The third-order valence-corrected chi connectivity index (χ3v) is 3.72. The maximum absolute atomic E-state index is 13.1. The second kappa shape index (κ2) is 5.22. The Kier molecular flexibility index (Phi) is 3.85. The Hall–Kier alpha value is -1.16. The third kappa shape index (κ3) is 2.99. The summed E-state index contributed by atoms with van der Waals surface area (Å²) in [6.07, 6.45) is 4.62. The lowest BCUT2D eigenvalue weighted by Gasteiger charge is -2.25. The Morgan fingerprint density at radius 1 is 1.39 bits per heavy atom. The van der Waals surface area contributed by atoms with E-state index in [0.29, 0.717) is 11.0 Å². The lowest BCUT2D eigenvalue weighted by Crippen LogP contribution is -2.27. The zero-order valence-electron chi connectivity index (χ0n) is 11.1. The minimum atomic E-state index is -0.391. The predicted octanol–water partition coefficient (Wildman–Crippen LogP) is 2.73. The van der Waals surface area contributed by atoms with E-state index in [4.69, 9.17) is 0 Å². The van der Waals surface area contributed by atoms with E-state index in [9.17, 15) is 9.50 Å². The molecule has 18 heavy (non-hydrogen) atoms. The van der Waals surface area contributed by atoms with Gasteiger partial charge in [0.25, 0.3) is 0 Å². The first-order valence-corrected chi connectivity index (χ1v) is 6.52. The fourth-order valence-corrected chi connectivity index (χ4v) is 2.51. The number of aromatic nitrogens is 1. The van der Waals surface area contributed by atoms with Gasteiger partial charge in [0.2, 0.25) is 0 Å². The summed E-state index contributed by atoms with van der Waals surface area (Å²) in [6.45, 7) is 6.23. The Morgan fingerprint density at radius 2 is 2.17 bits per heavy atom. The van der Waals surface area contributed by atoms with Gasteiger partial charge in [0.1, 0.15) is 11.6 Å². The van der Waals surface area contributed by atoms with Crippen LogP contribution >= 0.6 is 0 Å². The quantitative estimate of drug-likeness (QED) is 0.879. The second-order valence-corrected chi connectivity index (χ2v) is 5.80. The van der Waals surface area contributed by atoms with Crippen LogP contribution < -0.4 is 4.90 Å². The summed E-state index contributed by atoms with van der Waals surface area (Å²) in [7, 11) is 0. The zero-order valence-corrected chi connectivity index (χ0v) is 11.1. The Morgan fingerprint density at radius 3 is 2.89 bits per heavy atom. The molecule has 0 radical (unpaired) electrons. The number of pyridine rings is 1. The van der Waals surface area contributed by atoms with Gasteiger partial charge in [0.05, 0.1) is 12.8 Å². The van der Waals surface area contributed by atoms with Gasteiger partial charge in [-0.05, 0) is 30.7 Å². The molecule has 1 aliphatic heterocycles. The molecule has 0 saturated carbocycles. The number of nitrogens with zero attached hydrogens (tertiary/aromatic N) is 2. The standard InChI is InChI=1S/C14H21FN2O/c1-14(2)4-3-6-17(7-5-14)13-11(10-18)8-12(15)9-16-13/h8-9,18H,3-7,10H2,1-2H3. The van der Waals surface area contributed by atoms with Gasteiger partial charge in [-0.2, -0.15) is 0 Å². The molecule has 0 amide bonds. The van der Waals surface area contributed by atoms with Gasteiger partial charge in [-0.1, -0.05) is 13.8 Å². The Balaban J connectivity index is 2.21. The number of hydrogen-bond acceptors (Lipinski definition) is 3. The third-order valence-electron chi connectivity index (χ3n) is 3.72. The first-order chi connectivity index (χ1) is 8.52. The molecule has 1 aromatic heterocycles. The molecule has 3 nitrogen and oxygen atoms in total. The summed E-state index contributed by atoms with van der Waals surface area (Å²) in [6, 6.07) is 1.37. The van der Waals surface area contributed by atoms with Crippen molar-refractivity contribution in [3.8, 4) is 0 Å². The molecule has 1 fully saturated rings. The smallest absolute Gasteiger partial charge is 0.142 e. The van der Waals surface area contributed by atoms with E-state index >= 15 is 0 Å². The lowest BCUT2D eigenvalue weighted by molar-refractivity contribution is 0.281.